The largest absolute Gasteiger partial charge is 0.454 e. The lowest BCUT2D eigenvalue weighted by Gasteiger charge is -2.08. The summed E-state index contributed by atoms with van der Waals surface area (Å²) in [7, 11) is 0. The number of nitrogens with zero attached hydrogens (tertiary/aromatic N) is 4. The molecule has 0 aliphatic heterocycles. The Balaban J connectivity index is 1.29. The van der Waals surface area contributed by atoms with Crippen molar-refractivity contribution in [2.24, 2.45) is 0 Å². The normalized spacial score (nSPS) is 14.8. The van der Waals surface area contributed by atoms with Gasteiger partial charge in [0.25, 0.3) is 0 Å². The molecule has 0 saturated carbocycles. The van der Waals surface area contributed by atoms with Crippen LogP contribution >= 0.6 is 0 Å². The number of rotatable bonds is 4. The molecular weight excluding hydrogens is 540 g/mol. The summed E-state index contributed by atoms with van der Waals surface area (Å²) in [5.74, 6) is 0.327. The standard InChI is InChI=1S/C39H24N4O/c1-3-12-25(13-4-1)37-40-38(26-14-5-2-6-15-26)42-39(41-37)27-22-23-30-31-18-11-21-34(36(31)44-35(30)24-27)43-32-19-9-7-16-28(32)29-17-8-10-20-33(29)43/h1-24H/i1D,3D,4D,7D,8D,12D,13D,16D,17D,19D. The first kappa shape index (κ1) is 16.5. The van der Waals surface area contributed by atoms with Crippen molar-refractivity contribution in [2.45, 2.75) is 0 Å². The number of hydrogen-bond acceptors (Lipinski definition) is 4. The van der Waals surface area contributed by atoms with Crippen LogP contribution in [-0.4, -0.2) is 19.5 Å². The van der Waals surface area contributed by atoms with Crippen molar-refractivity contribution >= 4 is 43.7 Å². The molecule has 206 valence electrons. The highest BCUT2D eigenvalue weighted by Crippen LogP contribution is 2.39. The van der Waals surface area contributed by atoms with E-state index in [1.54, 1.807) is 34.9 Å². The maximum Gasteiger partial charge on any atom is 0.164 e. The topological polar surface area (TPSA) is 56.7 Å². The van der Waals surface area contributed by atoms with Gasteiger partial charge in [-0.05, 0) is 30.3 Å². The lowest BCUT2D eigenvalue weighted by molar-refractivity contribution is 0.666. The molecule has 5 nitrogen and oxygen atoms in total. The molecule has 3 aromatic heterocycles. The van der Waals surface area contributed by atoms with Crippen molar-refractivity contribution < 1.29 is 18.1 Å². The van der Waals surface area contributed by atoms with Crippen LogP contribution in [0.3, 0.4) is 0 Å². The highest BCUT2D eigenvalue weighted by molar-refractivity contribution is 6.12. The Morgan fingerprint density at radius 3 is 2.09 bits per heavy atom. The van der Waals surface area contributed by atoms with Gasteiger partial charge in [0.15, 0.2) is 23.1 Å². The SMILES string of the molecule is [2H]c1ccc2c(c1[2H])c1c([2H])c([2H])cc([2H])c1n2-c1cccc2c1oc1cc(-c3nc(-c4ccccc4)nc(-c4c([2H])c([2H])c([2H])c([2H])c4[2H])n3)ccc12. The highest BCUT2D eigenvalue weighted by atomic mass is 16.3. The van der Waals surface area contributed by atoms with E-state index in [0.717, 1.165) is 10.8 Å². The minimum Gasteiger partial charge on any atom is -0.454 e. The van der Waals surface area contributed by atoms with Gasteiger partial charge in [0.2, 0.25) is 0 Å². The van der Waals surface area contributed by atoms with Crippen LogP contribution in [0.15, 0.2) is 150 Å². The number of hydrogen-bond donors (Lipinski definition) is 0. The van der Waals surface area contributed by atoms with Crippen molar-refractivity contribution in [3.05, 3.63) is 145 Å². The van der Waals surface area contributed by atoms with E-state index in [1.165, 1.54) is 12.1 Å². The zero-order valence-corrected chi connectivity index (χ0v) is 22.8. The average Bonchev–Trinajstić information content (AvgIpc) is 3.74. The first-order chi connectivity index (χ1) is 25.9. The summed E-state index contributed by atoms with van der Waals surface area (Å²) in [6.45, 7) is 0. The molecule has 3 heterocycles. The van der Waals surface area contributed by atoms with Crippen molar-refractivity contribution in [3.63, 3.8) is 0 Å². The fourth-order valence-corrected chi connectivity index (χ4v) is 5.62. The van der Waals surface area contributed by atoms with Crippen molar-refractivity contribution in [1.29, 1.82) is 0 Å². The smallest absolute Gasteiger partial charge is 0.164 e. The van der Waals surface area contributed by atoms with Crippen LogP contribution < -0.4 is 0 Å². The van der Waals surface area contributed by atoms with Crippen LogP contribution in [0.1, 0.15) is 13.7 Å². The maximum absolute atomic E-state index is 8.87. The van der Waals surface area contributed by atoms with Gasteiger partial charge in [-0.1, -0.05) is 115 Å². The first-order valence-corrected chi connectivity index (χ1v) is 13.8. The minimum absolute atomic E-state index is 0.0116. The minimum atomic E-state index is -0.525. The van der Waals surface area contributed by atoms with E-state index in [4.69, 9.17) is 23.1 Å². The summed E-state index contributed by atoms with van der Waals surface area (Å²) in [5, 5.41) is 2.03. The molecule has 0 aliphatic carbocycles. The molecule has 0 radical (unpaired) electrons. The van der Waals surface area contributed by atoms with Gasteiger partial charge >= 0.3 is 0 Å². The summed E-state index contributed by atoms with van der Waals surface area (Å²) in [6, 6.07) is 21.6. The van der Waals surface area contributed by atoms with Gasteiger partial charge in [0.05, 0.1) is 30.4 Å². The molecule has 0 amide bonds. The predicted molar refractivity (Wildman–Crippen MR) is 178 cm³/mol. The Kier molecular flexibility index (Phi) is 3.66. The van der Waals surface area contributed by atoms with E-state index in [9.17, 15) is 0 Å². The maximum atomic E-state index is 8.87. The van der Waals surface area contributed by atoms with Gasteiger partial charge in [-0.25, -0.2) is 15.0 Å². The summed E-state index contributed by atoms with van der Waals surface area (Å²) in [5.41, 5.74) is 3.23. The molecule has 6 aromatic carbocycles. The summed E-state index contributed by atoms with van der Waals surface area (Å²) >= 11 is 0. The van der Waals surface area contributed by atoms with E-state index in [2.05, 4.69) is 9.97 Å². The molecule has 0 bridgehead atoms. The predicted octanol–water partition coefficient (Wildman–Crippen LogP) is 9.87. The zero-order valence-electron chi connectivity index (χ0n) is 32.8. The molecule has 9 aromatic rings. The molecule has 0 unspecified atom stereocenters. The molecule has 0 fully saturated rings. The van der Waals surface area contributed by atoms with Crippen LogP contribution in [0, 0.1) is 0 Å². The second kappa shape index (κ2) is 9.75. The van der Waals surface area contributed by atoms with Crippen LogP contribution in [-0.2, 0) is 0 Å². The quantitative estimate of drug-likeness (QED) is 0.210. The monoisotopic (exact) mass is 574 g/mol. The molecule has 0 saturated heterocycles. The van der Waals surface area contributed by atoms with Crippen molar-refractivity contribution in [3.8, 4) is 39.9 Å². The Morgan fingerprint density at radius 1 is 0.500 bits per heavy atom. The lowest BCUT2D eigenvalue weighted by atomic mass is 10.1. The Labute approximate surface area is 266 Å². The van der Waals surface area contributed by atoms with Gasteiger partial charge in [-0.2, -0.15) is 0 Å². The Bertz CT molecular complexity index is 3040. The lowest BCUT2D eigenvalue weighted by Crippen LogP contribution is -2.00. The molecule has 0 N–H and O–H groups in total. The summed E-state index contributed by atoms with van der Waals surface area (Å²) in [6.07, 6.45) is 0. The van der Waals surface area contributed by atoms with E-state index in [0.29, 0.717) is 44.4 Å². The van der Waals surface area contributed by atoms with E-state index in [-0.39, 0.29) is 58.6 Å². The molecule has 5 heteroatoms. The zero-order chi connectivity index (χ0) is 37.7. The fourth-order valence-electron chi connectivity index (χ4n) is 5.62. The van der Waals surface area contributed by atoms with Crippen molar-refractivity contribution in [2.75, 3.05) is 0 Å². The second-order valence-corrected chi connectivity index (χ2v) is 10.1. The van der Waals surface area contributed by atoms with E-state index >= 15 is 0 Å². The number of aromatic nitrogens is 4. The number of fused-ring (bicyclic) bond motifs is 6. The molecule has 0 aliphatic rings. The second-order valence-electron chi connectivity index (χ2n) is 10.1. The van der Waals surface area contributed by atoms with Crippen LogP contribution in [0.2, 0.25) is 0 Å². The molecule has 44 heavy (non-hydrogen) atoms. The summed E-state index contributed by atoms with van der Waals surface area (Å²) in [4.78, 5) is 13.9. The number of para-hydroxylation sites is 3. The van der Waals surface area contributed by atoms with Gasteiger partial charge in [-0.3, -0.25) is 0 Å². The Morgan fingerprint density at radius 2 is 1.25 bits per heavy atom. The van der Waals surface area contributed by atoms with Gasteiger partial charge < -0.3 is 8.98 Å². The van der Waals surface area contributed by atoms with Gasteiger partial charge in [-0.15, -0.1) is 0 Å². The Hall–Kier alpha value is -6.07. The number of benzene rings is 6. The average molecular weight is 575 g/mol. The third kappa shape index (κ3) is 3.83. The van der Waals surface area contributed by atoms with Gasteiger partial charge in [0.1, 0.15) is 5.58 Å². The molecule has 9 rings (SSSR count). The first-order valence-electron chi connectivity index (χ1n) is 18.8. The van der Waals surface area contributed by atoms with E-state index < -0.39 is 30.2 Å². The third-order valence-electron chi connectivity index (χ3n) is 7.58. The summed E-state index contributed by atoms with van der Waals surface area (Å²) < 4.78 is 93.0. The van der Waals surface area contributed by atoms with Crippen LogP contribution in [0.5, 0.6) is 0 Å². The van der Waals surface area contributed by atoms with Crippen molar-refractivity contribution in [1.82, 2.24) is 19.5 Å². The number of furan rings is 1. The fraction of sp³-hybridized carbons (Fsp3) is 0. The van der Waals surface area contributed by atoms with E-state index in [1.807, 2.05) is 42.5 Å². The van der Waals surface area contributed by atoms with Gasteiger partial charge in [0, 0.05) is 38.2 Å². The third-order valence-corrected chi connectivity index (χ3v) is 7.58. The molecule has 0 atom stereocenters. The molecular formula is C39H24N4O. The highest BCUT2D eigenvalue weighted by Gasteiger charge is 2.18. The van der Waals surface area contributed by atoms with Crippen LogP contribution in [0.25, 0.3) is 83.6 Å². The molecule has 0 spiro atoms. The van der Waals surface area contributed by atoms with Crippen LogP contribution in [0.4, 0.5) is 0 Å².